The minimum atomic E-state index is -0.302. The number of carbonyl (C=O) groups is 1. The van der Waals surface area contributed by atoms with Gasteiger partial charge in [0, 0.05) is 17.4 Å². The Morgan fingerprint density at radius 2 is 2.27 bits per heavy atom. The molecule has 0 aliphatic rings. The number of nitrogens with one attached hydrogen (secondary N) is 2. The minimum absolute atomic E-state index is 0.172. The lowest BCUT2D eigenvalue weighted by Crippen LogP contribution is -2.22. The van der Waals surface area contributed by atoms with Crippen molar-refractivity contribution >= 4 is 16.8 Å². The lowest BCUT2D eigenvalue weighted by atomic mass is 10.2. The molecule has 0 bridgehead atoms. The summed E-state index contributed by atoms with van der Waals surface area (Å²) in [6.07, 6.45) is 0. The number of benzene rings is 1. The summed E-state index contributed by atoms with van der Waals surface area (Å²) in [6, 6.07) is 6.02. The fourth-order valence-corrected chi connectivity index (χ4v) is 1.48. The van der Waals surface area contributed by atoms with Gasteiger partial charge in [0.05, 0.1) is 0 Å². The molecule has 0 saturated heterocycles. The molecular weight excluding hydrogens is 195 g/mol. The highest BCUT2D eigenvalue weighted by Gasteiger charge is 2.08. The molecule has 1 aromatic carbocycles. The molecule has 0 unspecified atom stereocenters. The summed E-state index contributed by atoms with van der Waals surface area (Å²) in [6.45, 7) is 2.42. The molecule has 0 atom stereocenters. The lowest BCUT2D eigenvalue weighted by molar-refractivity contribution is 0.0951. The number of amides is 1. The van der Waals surface area contributed by atoms with E-state index in [-0.39, 0.29) is 11.7 Å². The molecule has 0 fully saturated rings. The number of hydrogen-bond donors (Lipinski definition) is 2. The smallest absolute Gasteiger partial charge is 0.267 e. The molecule has 0 spiro atoms. The third kappa shape index (κ3) is 1.83. The van der Waals surface area contributed by atoms with Crippen LogP contribution in [0.15, 0.2) is 24.3 Å². The summed E-state index contributed by atoms with van der Waals surface area (Å²) in [4.78, 5) is 14.4. The molecule has 2 aromatic rings. The molecular formula is C11H11FN2O. The van der Waals surface area contributed by atoms with Gasteiger partial charge >= 0.3 is 0 Å². The minimum Gasteiger partial charge on any atom is -0.351 e. The molecule has 1 amide bonds. The van der Waals surface area contributed by atoms with E-state index < -0.39 is 0 Å². The van der Waals surface area contributed by atoms with Crippen LogP contribution >= 0.6 is 0 Å². The Labute approximate surface area is 86.3 Å². The number of carbonyl (C=O) groups excluding carboxylic acids is 1. The standard InChI is InChI=1S/C11H11FN2O/c1-2-13-11(15)10-6-7-5-8(12)3-4-9(7)14-10/h3-6,14H,2H2,1H3,(H,13,15). The Bertz CT molecular complexity index is 504. The van der Waals surface area contributed by atoms with Gasteiger partial charge in [-0.3, -0.25) is 4.79 Å². The van der Waals surface area contributed by atoms with E-state index >= 15 is 0 Å². The Hall–Kier alpha value is -1.84. The molecule has 1 heterocycles. The molecule has 15 heavy (non-hydrogen) atoms. The Morgan fingerprint density at radius 1 is 1.47 bits per heavy atom. The molecule has 78 valence electrons. The van der Waals surface area contributed by atoms with E-state index in [1.54, 1.807) is 12.1 Å². The zero-order chi connectivity index (χ0) is 10.8. The first-order valence-electron chi connectivity index (χ1n) is 4.77. The van der Waals surface area contributed by atoms with Gasteiger partial charge in [-0.25, -0.2) is 4.39 Å². The summed E-state index contributed by atoms with van der Waals surface area (Å²) < 4.78 is 12.9. The molecule has 2 N–H and O–H groups in total. The van der Waals surface area contributed by atoms with Gasteiger partial charge in [-0.2, -0.15) is 0 Å². The van der Waals surface area contributed by atoms with E-state index in [1.165, 1.54) is 12.1 Å². The summed E-state index contributed by atoms with van der Waals surface area (Å²) in [7, 11) is 0. The number of aromatic amines is 1. The monoisotopic (exact) mass is 206 g/mol. The molecule has 0 aliphatic heterocycles. The third-order valence-corrected chi connectivity index (χ3v) is 2.16. The number of halogens is 1. The van der Waals surface area contributed by atoms with Gasteiger partial charge in [0.1, 0.15) is 11.5 Å². The van der Waals surface area contributed by atoms with Crippen LogP contribution in [0.4, 0.5) is 4.39 Å². The maximum absolute atomic E-state index is 12.9. The first kappa shape index (κ1) is 9.71. The van der Waals surface area contributed by atoms with Gasteiger partial charge in [-0.1, -0.05) is 0 Å². The van der Waals surface area contributed by atoms with Gasteiger partial charge in [-0.15, -0.1) is 0 Å². The van der Waals surface area contributed by atoms with Crippen molar-refractivity contribution in [2.75, 3.05) is 6.54 Å². The summed E-state index contributed by atoms with van der Waals surface area (Å²) in [5, 5.41) is 3.38. The van der Waals surface area contributed by atoms with Crippen molar-refractivity contribution in [1.82, 2.24) is 10.3 Å². The second-order valence-electron chi connectivity index (χ2n) is 3.27. The predicted molar refractivity (Wildman–Crippen MR) is 56.3 cm³/mol. The van der Waals surface area contributed by atoms with Crippen molar-refractivity contribution in [2.45, 2.75) is 6.92 Å². The van der Waals surface area contributed by atoms with E-state index in [1.807, 2.05) is 6.92 Å². The van der Waals surface area contributed by atoms with E-state index in [0.717, 1.165) is 5.52 Å². The van der Waals surface area contributed by atoms with E-state index in [2.05, 4.69) is 10.3 Å². The summed E-state index contributed by atoms with van der Waals surface area (Å²) in [5.74, 6) is -0.474. The molecule has 2 rings (SSSR count). The van der Waals surface area contributed by atoms with E-state index in [9.17, 15) is 9.18 Å². The van der Waals surface area contributed by atoms with Crippen LogP contribution < -0.4 is 5.32 Å². The van der Waals surface area contributed by atoms with Gasteiger partial charge in [0.25, 0.3) is 5.91 Å². The summed E-state index contributed by atoms with van der Waals surface area (Å²) in [5.41, 5.74) is 1.22. The SMILES string of the molecule is CCNC(=O)c1cc2cc(F)ccc2[nH]1. The van der Waals surface area contributed by atoms with Crippen LogP contribution in [0.5, 0.6) is 0 Å². The predicted octanol–water partition coefficient (Wildman–Crippen LogP) is 2.06. The Balaban J connectivity index is 2.42. The maximum Gasteiger partial charge on any atom is 0.267 e. The highest BCUT2D eigenvalue weighted by Crippen LogP contribution is 2.16. The molecule has 4 heteroatoms. The zero-order valence-electron chi connectivity index (χ0n) is 8.30. The van der Waals surface area contributed by atoms with Crippen LogP contribution in [0.3, 0.4) is 0 Å². The van der Waals surface area contributed by atoms with Gasteiger partial charge in [-0.05, 0) is 31.2 Å². The van der Waals surface area contributed by atoms with Crippen LogP contribution in [-0.2, 0) is 0 Å². The average Bonchev–Trinajstić information content (AvgIpc) is 2.60. The Morgan fingerprint density at radius 3 is 3.00 bits per heavy atom. The number of aromatic nitrogens is 1. The van der Waals surface area contributed by atoms with Crippen LogP contribution in [-0.4, -0.2) is 17.4 Å². The van der Waals surface area contributed by atoms with Crippen LogP contribution in [0, 0.1) is 5.82 Å². The van der Waals surface area contributed by atoms with Crippen LogP contribution in [0.1, 0.15) is 17.4 Å². The number of fused-ring (bicyclic) bond motifs is 1. The maximum atomic E-state index is 12.9. The highest BCUT2D eigenvalue weighted by molar-refractivity contribution is 5.97. The van der Waals surface area contributed by atoms with Gasteiger partial charge in [0.15, 0.2) is 0 Å². The second-order valence-corrected chi connectivity index (χ2v) is 3.27. The van der Waals surface area contributed by atoms with E-state index in [4.69, 9.17) is 0 Å². The highest BCUT2D eigenvalue weighted by atomic mass is 19.1. The molecule has 1 aromatic heterocycles. The second kappa shape index (κ2) is 3.73. The largest absolute Gasteiger partial charge is 0.351 e. The first-order valence-corrected chi connectivity index (χ1v) is 4.77. The summed E-state index contributed by atoms with van der Waals surface area (Å²) >= 11 is 0. The Kier molecular flexibility index (Phi) is 2.41. The van der Waals surface area contributed by atoms with Crippen molar-refractivity contribution < 1.29 is 9.18 Å². The fraction of sp³-hybridized carbons (Fsp3) is 0.182. The molecule has 0 saturated carbocycles. The number of hydrogen-bond acceptors (Lipinski definition) is 1. The van der Waals surface area contributed by atoms with Crippen molar-refractivity contribution in [1.29, 1.82) is 0 Å². The van der Waals surface area contributed by atoms with Crippen molar-refractivity contribution in [3.63, 3.8) is 0 Å². The van der Waals surface area contributed by atoms with Crippen molar-refractivity contribution in [3.8, 4) is 0 Å². The normalized spacial score (nSPS) is 10.5. The topological polar surface area (TPSA) is 44.9 Å². The third-order valence-electron chi connectivity index (χ3n) is 2.16. The molecule has 3 nitrogen and oxygen atoms in total. The van der Waals surface area contributed by atoms with Crippen molar-refractivity contribution in [3.05, 3.63) is 35.8 Å². The quantitative estimate of drug-likeness (QED) is 0.776. The van der Waals surface area contributed by atoms with Gasteiger partial charge < -0.3 is 10.3 Å². The van der Waals surface area contributed by atoms with Crippen molar-refractivity contribution in [2.24, 2.45) is 0 Å². The number of H-pyrrole nitrogens is 1. The molecule has 0 aliphatic carbocycles. The lowest BCUT2D eigenvalue weighted by Gasteiger charge is -1.96. The molecule has 0 radical (unpaired) electrons. The zero-order valence-corrected chi connectivity index (χ0v) is 8.30. The van der Waals surface area contributed by atoms with E-state index in [0.29, 0.717) is 17.6 Å². The average molecular weight is 206 g/mol. The first-order chi connectivity index (χ1) is 7.20. The van der Waals surface area contributed by atoms with Crippen LogP contribution in [0.25, 0.3) is 10.9 Å². The fourth-order valence-electron chi connectivity index (χ4n) is 1.48. The van der Waals surface area contributed by atoms with Gasteiger partial charge in [0.2, 0.25) is 0 Å². The van der Waals surface area contributed by atoms with Crippen LogP contribution in [0.2, 0.25) is 0 Å². The number of rotatable bonds is 2.